The Balaban J connectivity index is 1.38. The summed E-state index contributed by atoms with van der Waals surface area (Å²) in [5.74, 6) is -0.633. The number of nitrogens with zero attached hydrogens (tertiary/aromatic N) is 1. The van der Waals surface area contributed by atoms with Crippen LogP contribution in [-0.4, -0.2) is 28.3 Å². The molecule has 2 heterocycles. The zero-order valence-corrected chi connectivity index (χ0v) is 17.9. The van der Waals surface area contributed by atoms with Crippen LogP contribution in [0.2, 0.25) is 0 Å². The zero-order chi connectivity index (χ0) is 20.1. The van der Waals surface area contributed by atoms with E-state index in [4.69, 9.17) is 0 Å². The van der Waals surface area contributed by atoms with Crippen molar-refractivity contribution in [3.8, 4) is 0 Å². The van der Waals surface area contributed by atoms with E-state index in [1.165, 1.54) is 23.1 Å². The van der Waals surface area contributed by atoms with Crippen LogP contribution in [-0.2, 0) is 9.59 Å². The Morgan fingerprint density at radius 3 is 2.50 bits per heavy atom. The molecule has 1 aromatic carbocycles. The lowest BCUT2D eigenvalue weighted by atomic mass is 10.1. The van der Waals surface area contributed by atoms with Crippen molar-refractivity contribution in [1.29, 1.82) is 0 Å². The molecule has 0 unspecified atom stereocenters. The quantitative estimate of drug-likeness (QED) is 0.335. The molecule has 146 valence electrons. The second-order valence-corrected chi connectivity index (χ2v) is 9.80. The molecule has 0 spiro atoms. The third kappa shape index (κ3) is 5.40. The predicted molar refractivity (Wildman–Crippen MR) is 114 cm³/mol. The van der Waals surface area contributed by atoms with Gasteiger partial charge in [0.2, 0.25) is 11.8 Å². The molecule has 28 heavy (non-hydrogen) atoms. The number of Topliss-reactive ketones (excluding diaryl/α,β-unsaturated/α-hetero) is 1. The lowest BCUT2D eigenvalue weighted by Crippen LogP contribution is -2.42. The third-order valence-electron chi connectivity index (χ3n) is 3.86. The number of carbonyl (C=O) groups excluding carboxylic acids is 3. The first-order chi connectivity index (χ1) is 13.4. The van der Waals surface area contributed by atoms with Gasteiger partial charge in [-0.1, -0.05) is 23.9 Å². The zero-order valence-electron chi connectivity index (χ0n) is 15.4. The lowest BCUT2D eigenvalue weighted by molar-refractivity contribution is -0.127. The molecule has 6 nitrogen and oxygen atoms in total. The standard InChI is InChI=1S/C19H19N3O3S3/c1-11-9-13(12(2)27-11)15(23)7-8-17(24)21-22-18(25)10-26-19-20-14-5-3-4-6-16(14)28-19/h3-6,9H,7-8,10H2,1-2H3,(H,21,24)(H,22,25). The molecule has 0 fully saturated rings. The van der Waals surface area contributed by atoms with Crippen LogP contribution in [0.25, 0.3) is 10.2 Å². The van der Waals surface area contributed by atoms with Crippen molar-refractivity contribution in [3.05, 3.63) is 45.6 Å². The Kier molecular flexibility index (Phi) is 6.82. The molecule has 2 amide bonds. The van der Waals surface area contributed by atoms with E-state index in [-0.39, 0.29) is 30.3 Å². The Morgan fingerprint density at radius 2 is 1.79 bits per heavy atom. The summed E-state index contributed by atoms with van der Waals surface area (Å²) in [6, 6.07) is 9.63. The Labute approximate surface area is 174 Å². The number of ketones is 1. The molecule has 3 rings (SSSR count). The minimum atomic E-state index is -0.392. The number of aromatic nitrogens is 1. The summed E-state index contributed by atoms with van der Waals surface area (Å²) in [7, 11) is 0. The van der Waals surface area contributed by atoms with E-state index in [0.29, 0.717) is 5.56 Å². The second kappa shape index (κ2) is 9.31. The number of rotatable bonds is 7. The molecule has 0 atom stereocenters. The summed E-state index contributed by atoms with van der Waals surface area (Å²) in [6.07, 6.45) is 0.137. The average molecular weight is 434 g/mol. The van der Waals surface area contributed by atoms with Crippen LogP contribution in [0.5, 0.6) is 0 Å². The highest BCUT2D eigenvalue weighted by molar-refractivity contribution is 8.01. The molecule has 0 aliphatic carbocycles. The molecule has 9 heteroatoms. The fraction of sp³-hybridized carbons (Fsp3) is 0.263. The van der Waals surface area contributed by atoms with E-state index in [1.807, 2.05) is 44.2 Å². The van der Waals surface area contributed by atoms with Crippen molar-refractivity contribution in [2.45, 2.75) is 31.0 Å². The number of amides is 2. The van der Waals surface area contributed by atoms with Gasteiger partial charge >= 0.3 is 0 Å². The Bertz CT molecular complexity index is 993. The number of fused-ring (bicyclic) bond motifs is 1. The van der Waals surface area contributed by atoms with E-state index in [1.54, 1.807) is 11.3 Å². The molecule has 0 aliphatic rings. The first kappa shape index (κ1) is 20.5. The highest BCUT2D eigenvalue weighted by atomic mass is 32.2. The fourth-order valence-corrected chi connectivity index (χ4v) is 5.36. The van der Waals surface area contributed by atoms with Crippen LogP contribution in [0.15, 0.2) is 34.7 Å². The number of thiazole rings is 1. The molecule has 0 aliphatic heterocycles. The molecule has 0 saturated carbocycles. The van der Waals surface area contributed by atoms with Crippen molar-refractivity contribution in [2.75, 3.05) is 5.75 Å². The molecule has 2 N–H and O–H groups in total. The maximum Gasteiger partial charge on any atom is 0.248 e. The number of hydrazine groups is 1. The van der Waals surface area contributed by atoms with Gasteiger partial charge in [-0.15, -0.1) is 22.7 Å². The SMILES string of the molecule is Cc1cc(C(=O)CCC(=O)NNC(=O)CSc2nc3ccccc3s2)c(C)s1. The number of nitrogens with one attached hydrogen (secondary N) is 2. The average Bonchev–Trinajstić information content (AvgIpc) is 3.24. The topological polar surface area (TPSA) is 88.2 Å². The van der Waals surface area contributed by atoms with Crippen LogP contribution >= 0.6 is 34.4 Å². The fourth-order valence-electron chi connectivity index (χ4n) is 2.55. The minimum Gasteiger partial charge on any atom is -0.294 e. The lowest BCUT2D eigenvalue weighted by Gasteiger charge is -2.06. The maximum atomic E-state index is 12.2. The van der Waals surface area contributed by atoms with Gasteiger partial charge in [-0.25, -0.2) is 4.98 Å². The van der Waals surface area contributed by atoms with E-state index >= 15 is 0 Å². The van der Waals surface area contributed by atoms with Gasteiger partial charge in [-0.05, 0) is 32.0 Å². The van der Waals surface area contributed by atoms with E-state index in [0.717, 1.165) is 24.3 Å². The number of thioether (sulfide) groups is 1. The van der Waals surface area contributed by atoms with Crippen molar-refractivity contribution in [1.82, 2.24) is 15.8 Å². The van der Waals surface area contributed by atoms with Crippen LogP contribution in [0.3, 0.4) is 0 Å². The number of para-hydroxylation sites is 1. The van der Waals surface area contributed by atoms with E-state index in [9.17, 15) is 14.4 Å². The van der Waals surface area contributed by atoms with Gasteiger partial charge in [0.05, 0.1) is 16.0 Å². The smallest absolute Gasteiger partial charge is 0.248 e. The molecule has 0 radical (unpaired) electrons. The van der Waals surface area contributed by atoms with Crippen molar-refractivity contribution in [2.24, 2.45) is 0 Å². The summed E-state index contributed by atoms with van der Waals surface area (Å²) in [5.41, 5.74) is 6.31. The molecule has 0 bridgehead atoms. The second-order valence-electron chi connectivity index (χ2n) is 6.08. The van der Waals surface area contributed by atoms with Crippen LogP contribution in [0.4, 0.5) is 0 Å². The highest BCUT2D eigenvalue weighted by Gasteiger charge is 2.14. The number of benzene rings is 1. The van der Waals surface area contributed by atoms with Gasteiger partial charge in [-0.2, -0.15) is 0 Å². The summed E-state index contributed by atoms with van der Waals surface area (Å²) >= 11 is 4.41. The number of hydrogen-bond acceptors (Lipinski definition) is 7. The minimum absolute atomic E-state index is 0.0263. The van der Waals surface area contributed by atoms with Crippen LogP contribution < -0.4 is 10.9 Å². The summed E-state index contributed by atoms with van der Waals surface area (Å²) in [4.78, 5) is 42.4. The van der Waals surface area contributed by atoms with Gasteiger partial charge in [0.1, 0.15) is 0 Å². The molecule has 3 aromatic rings. The van der Waals surface area contributed by atoms with Crippen LogP contribution in [0, 0.1) is 13.8 Å². The third-order valence-corrected chi connectivity index (χ3v) is 7.01. The Hall–Kier alpha value is -2.23. The first-order valence-electron chi connectivity index (χ1n) is 8.58. The Morgan fingerprint density at radius 1 is 1.04 bits per heavy atom. The number of hydrogen-bond donors (Lipinski definition) is 2. The number of carbonyl (C=O) groups is 3. The van der Waals surface area contributed by atoms with Gasteiger partial charge in [0, 0.05) is 28.2 Å². The van der Waals surface area contributed by atoms with Gasteiger partial charge in [0.25, 0.3) is 0 Å². The van der Waals surface area contributed by atoms with Crippen molar-refractivity contribution >= 4 is 62.2 Å². The van der Waals surface area contributed by atoms with Crippen molar-refractivity contribution < 1.29 is 14.4 Å². The highest BCUT2D eigenvalue weighted by Crippen LogP contribution is 2.29. The summed E-state index contributed by atoms with van der Waals surface area (Å²) in [5, 5.41) is 0. The van der Waals surface area contributed by atoms with Gasteiger partial charge < -0.3 is 0 Å². The van der Waals surface area contributed by atoms with Crippen molar-refractivity contribution in [3.63, 3.8) is 0 Å². The number of thiophene rings is 1. The first-order valence-corrected chi connectivity index (χ1v) is 11.2. The normalized spacial score (nSPS) is 10.8. The van der Waals surface area contributed by atoms with E-state index in [2.05, 4.69) is 15.8 Å². The van der Waals surface area contributed by atoms with Gasteiger partial charge in [0.15, 0.2) is 10.1 Å². The molecule has 2 aromatic heterocycles. The van der Waals surface area contributed by atoms with Crippen LogP contribution in [0.1, 0.15) is 33.0 Å². The van der Waals surface area contributed by atoms with E-state index < -0.39 is 5.91 Å². The van der Waals surface area contributed by atoms with Gasteiger partial charge in [-0.3, -0.25) is 25.2 Å². The maximum absolute atomic E-state index is 12.2. The molecule has 0 saturated heterocycles. The predicted octanol–water partition coefficient (Wildman–Crippen LogP) is 3.88. The summed E-state index contributed by atoms with van der Waals surface area (Å²) in [6.45, 7) is 3.84. The largest absolute Gasteiger partial charge is 0.294 e. The number of aryl methyl sites for hydroxylation is 2. The monoisotopic (exact) mass is 433 g/mol. The molecular weight excluding hydrogens is 414 g/mol. The molecular formula is C19H19N3O3S3. The summed E-state index contributed by atoms with van der Waals surface area (Å²) < 4.78 is 1.87.